The maximum atomic E-state index is 13.0. The van der Waals surface area contributed by atoms with Crippen molar-refractivity contribution < 1.29 is 14.0 Å². The van der Waals surface area contributed by atoms with Gasteiger partial charge in [0.25, 0.3) is 0 Å². The Bertz CT molecular complexity index is 708. The molecule has 0 saturated carbocycles. The molecule has 1 unspecified atom stereocenters. The summed E-state index contributed by atoms with van der Waals surface area (Å²) < 4.78 is 12.2. The first kappa shape index (κ1) is 23.6. The Morgan fingerprint density at radius 3 is 2.46 bits per heavy atom. The van der Waals surface area contributed by atoms with Crippen LogP contribution in [0.15, 0.2) is 17.7 Å². The maximum absolute atomic E-state index is 13.0. The van der Waals surface area contributed by atoms with Crippen molar-refractivity contribution in [2.24, 2.45) is 0 Å². The summed E-state index contributed by atoms with van der Waals surface area (Å²) in [7, 11) is -1.97. The lowest BCUT2D eigenvalue weighted by molar-refractivity contribution is 0.0161. The van der Waals surface area contributed by atoms with E-state index in [4.69, 9.17) is 9.16 Å². The highest BCUT2D eigenvalue weighted by molar-refractivity contribution is 9.09. The van der Waals surface area contributed by atoms with Crippen molar-refractivity contribution in [3.8, 4) is 0 Å². The second-order valence-corrected chi connectivity index (χ2v) is 16.6. The van der Waals surface area contributed by atoms with E-state index in [2.05, 4.69) is 60.9 Å². The zero-order valence-corrected chi connectivity index (χ0v) is 21.6. The van der Waals surface area contributed by atoms with Crippen LogP contribution in [0.2, 0.25) is 18.1 Å². The van der Waals surface area contributed by atoms with Crippen molar-refractivity contribution in [1.82, 2.24) is 9.88 Å². The highest BCUT2D eigenvalue weighted by atomic mass is 79.9. The van der Waals surface area contributed by atoms with Gasteiger partial charge in [0.05, 0.1) is 17.5 Å². The first-order chi connectivity index (χ1) is 12.7. The summed E-state index contributed by atoms with van der Waals surface area (Å²) in [5.74, 6) is 0. The van der Waals surface area contributed by atoms with Crippen LogP contribution in [0.1, 0.15) is 46.6 Å². The number of hydrogen-bond acceptors (Lipinski definition) is 5. The van der Waals surface area contributed by atoms with Gasteiger partial charge in [0.1, 0.15) is 10.6 Å². The average molecular weight is 490 g/mol. The molecule has 0 bridgehead atoms. The van der Waals surface area contributed by atoms with Gasteiger partial charge in [0.15, 0.2) is 8.32 Å². The van der Waals surface area contributed by atoms with Crippen LogP contribution in [0.3, 0.4) is 0 Å². The van der Waals surface area contributed by atoms with Gasteiger partial charge in [0.2, 0.25) is 0 Å². The molecule has 0 saturated heterocycles. The fraction of sp³-hybridized carbons (Fsp3) is 0.700. The topological polar surface area (TPSA) is 51.7 Å². The molecule has 0 fully saturated rings. The van der Waals surface area contributed by atoms with Crippen molar-refractivity contribution in [3.05, 3.63) is 22.7 Å². The molecule has 0 radical (unpaired) electrons. The van der Waals surface area contributed by atoms with Crippen molar-refractivity contribution >= 4 is 47.3 Å². The molecule has 2 heterocycles. The standard InChI is InChI=1S/C20H33BrN2O3SSi/c1-19(2,3)26-18(24)23-12-14(21)11-15(17-22-9-10-27-17)16(23)13-25-28(7,8)20(4,5)6/h9-11,14,16H,12-13H2,1-8H3/t14?,16-/m1/s1. The lowest BCUT2D eigenvalue weighted by Crippen LogP contribution is -2.52. The first-order valence-electron chi connectivity index (χ1n) is 9.60. The second-order valence-electron chi connectivity index (χ2n) is 9.70. The normalized spacial score (nSPS) is 21.5. The quantitative estimate of drug-likeness (QED) is 0.389. The highest BCUT2D eigenvalue weighted by Crippen LogP contribution is 2.38. The molecule has 1 amide bonds. The van der Waals surface area contributed by atoms with E-state index >= 15 is 0 Å². The Balaban J connectivity index is 2.35. The van der Waals surface area contributed by atoms with E-state index in [1.54, 1.807) is 22.4 Å². The fourth-order valence-corrected chi connectivity index (χ4v) is 4.94. The van der Waals surface area contributed by atoms with E-state index in [9.17, 15) is 4.79 Å². The molecule has 1 aromatic rings. The van der Waals surface area contributed by atoms with E-state index in [0.717, 1.165) is 10.6 Å². The summed E-state index contributed by atoms with van der Waals surface area (Å²) in [5.41, 5.74) is 0.472. The largest absolute Gasteiger partial charge is 0.444 e. The molecule has 28 heavy (non-hydrogen) atoms. The number of alkyl halides is 1. The molecule has 2 atom stereocenters. The van der Waals surface area contributed by atoms with E-state index in [-0.39, 0.29) is 22.0 Å². The van der Waals surface area contributed by atoms with E-state index in [0.29, 0.717) is 13.2 Å². The number of halogens is 1. The second kappa shape index (κ2) is 8.58. The van der Waals surface area contributed by atoms with Gasteiger partial charge in [-0.3, -0.25) is 4.90 Å². The average Bonchev–Trinajstić information content (AvgIpc) is 3.04. The predicted octanol–water partition coefficient (Wildman–Crippen LogP) is 5.93. The molecular weight excluding hydrogens is 456 g/mol. The van der Waals surface area contributed by atoms with Gasteiger partial charge >= 0.3 is 6.09 Å². The van der Waals surface area contributed by atoms with Gasteiger partial charge in [0, 0.05) is 23.7 Å². The molecule has 0 spiro atoms. The van der Waals surface area contributed by atoms with Crippen LogP contribution in [0.25, 0.3) is 5.57 Å². The molecule has 1 aliphatic heterocycles. The lowest BCUT2D eigenvalue weighted by atomic mass is 10.0. The molecule has 0 N–H and O–H groups in total. The van der Waals surface area contributed by atoms with E-state index < -0.39 is 13.9 Å². The van der Waals surface area contributed by atoms with Crippen LogP contribution in [-0.4, -0.2) is 53.9 Å². The van der Waals surface area contributed by atoms with Gasteiger partial charge < -0.3 is 9.16 Å². The number of ether oxygens (including phenoxy) is 1. The minimum Gasteiger partial charge on any atom is -0.444 e. The Morgan fingerprint density at radius 1 is 1.32 bits per heavy atom. The number of nitrogens with zero attached hydrogens (tertiary/aromatic N) is 2. The van der Waals surface area contributed by atoms with Gasteiger partial charge in [-0.05, 0) is 38.9 Å². The predicted molar refractivity (Wildman–Crippen MR) is 123 cm³/mol. The molecule has 0 aromatic carbocycles. The van der Waals surface area contributed by atoms with Crippen LogP contribution >= 0.6 is 27.3 Å². The number of carbonyl (C=O) groups is 1. The van der Waals surface area contributed by atoms with Crippen molar-refractivity contribution in [2.75, 3.05) is 13.2 Å². The molecule has 5 nitrogen and oxygen atoms in total. The first-order valence-corrected chi connectivity index (χ1v) is 14.3. The summed E-state index contributed by atoms with van der Waals surface area (Å²) in [4.78, 5) is 19.3. The van der Waals surface area contributed by atoms with Crippen molar-refractivity contribution in [2.45, 2.75) is 76.1 Å². The highest BCUT2D eigenvalue weighted by Gasteiger charge is 2.41. The molecule has 2 rings (SSSR count). The summed E-state index contributed by atoms with van der Waals surface area (Å²) in [6.45, 7) is 17.8. The number of carbonyl (C=O) groups excluding carboxylic acids is 1. The van der Waals surface area contributed by atoms with Gasteiger partial charge in [-0.2, -0.15) is 0 Å². The lowest BCUT2D eigenvalue weighted by Gasteiger charge is -2.42. The van der Waals surface area contributed by atoms with Gasteiger partial charge in [-0.25, -0.2) is 9.78 Å². The van der Waals surface area contributed by atoms with Crippen LogP contribution in [-0.2, 0) is 9.16 Å². The number of aromatic nitrogens is 1. The van der Waals surface area contributed by atoms with Crippen molar-refractivity contribution in [1.29, 1.82) is 0 Å². The fourth-order valence-electron chi connectivity index (χ4n) is 2.63. The monoisotopic (exact) mass is 488 g/mol. The summed E-state index contributed by atoms with van der Waals surface area (Å²) in [5, 5.41) is 2.97. The molecule has 8 heteroatoms. The Morgan fingerprint density at radius 2 is 1.96 bits per heavy atom. The van der Waals surface area contributed by atoms with Crippen LogP contribution in [0.5, 0.6) is 0 Å². The van der Waals surface area contributed by atoms with Crippen LogP contribution < -0.4 is 0 Å². The SMILES string of the molecule is CC(C)(C)OC(=O)N1CC(Br)C=C(c2nccs2)[C@H]1CO[Si](C)(C)C(C)(C)C. The third-order valence-corrected chi connectivity index (χ3v) is 11.1. The third-order valence-electron chi connectivity index (χ3n) is 5.18. The number of rotatable bonds is 4. The zero-order chi connectivity index (χ0) is 21.3. The summed E-state index contributed by atoms with van der Waals surface area (Å²) >= 11 is 5.25. The molecule has 158 valence electrons. The third kappa shape index (κ3) is 5.90. The number of thiazole rings is 1. The molecule has 0 aliphatic carbocycles. The minimum atomic E-state index is -1.97. The number of hydrogen-bond donors (Lipinski definition) is 0. The number of amides is 1. The Kier molecular flexibility index (Phi) is 7.22. The van der Waals surface area contributed by atoms with Crippen molar-refractivity contribution in [3.63, 3.8) is 0 Å². The Hall–Kier alpha value is -0.703. The van der Waals surface area contributed by atoms with E-state index in [1.807, 2.05) is 26.2 Å². The minimum absolute atomic E-state index is 0.0445. The zero-order valence-electron chi connectivity index (χ0n) is 18.2. The van der Waals surface area contributed by atoms with Gasteiger partial charge in [-0.1, -0.05) is 42.8 Å². The van der Waals surface area contributed by atoms with Crippen LogP contribution in [0, 0.1) is 0 Å². The van der Waals surface area contributed by atoms with Gasteiger partial charge in [-0.15, -0.1) is 11.3 Å². The summed E-state index contributed by atoms with van der Waals surface area (Å²) in [6.07, 6.45) is 3.63. The molecular formula is C20H33BrN2O3SSi. The molecule has 1 aliphatic rings. The Labute approximate surface area is 182 Å². The maximum Gasteiger partial charge on any atom is 0.410 e. The summed E-state index contributed by atoms with van der Waals surface area (Å²) in [6, 6.07) is -0.219. The van der Waals surface area contributed by atoms with E-state index in [1.165, 1.54) is 0 Å². The smallest absolute Gasteiger partial charge is 0.410 e. The molecule has 1 aromatic heterocycles. The van der Waals surface area contributed by atoms with Crippen LogP contribution in [0.4, 0.5) is 4.79 Å².